The highest BCUT2D eigenvalue weighted by atomic mass is 16.5. The average Bonchev–Trinajstić information content (AvgIpc) is 3.25. The molecule has 0 aliphatic carbocycles. The number of nitrogens with zero attached hydrogens (tertiary/aromatic N) is 2. The normalized spacial score (nSPS) is 10.4. The van der Waals surface area contributed by atoms with Crippen molar-refractivity contribution in [3.8, 4) is 34.3 Å². The van der Waals surface area contributed by atoms with Gasteiger partial charge in [0.1, 0.15) is 11.5 Å². The lowest BCUT2D eigenvalue weighted by Crippen LogP contribution is -2.05. The largest absolute Gasteiger partial charge is 0.457 e. The standard InChI is InChI=1S/C24H20N4O4/c1-15(29)25-19-8-12-22(13-9-19)31-21-10-6-17(7-11-21)23-27-24(32-28-23)18-4-3-5-20(14-18)26-16(2)30/h3-14H,1-2H3,(H,25,29)(H,26,30). The molecule has 0 bridgehead atoms. The minimum Gasteiger partial charge on any atom is -0.457 e. The van der Waals surface area contributed by atoms with Crippen molar-refractivity contribution in [1.82, 2.24) is 10.1 Å². The summed E-state index contributed by atoms with van der Waals surface area (Å²) in [5.41, 5.74) is 2.83. The number of rotatable bonds is 6. The molecular weight excluding hydrogens is 408 g/mol. The molecule has 8 heteroatoms. The Kier molecular flexibility index (Phi) is 5.94. The maximum absolute atomic E-state index is 11.3. The van der Waals surface area contributed by atoms with Crippen LogP contribution in [-0.4, -0.2) is 22.0 Å². The molecule has 8 nitrogen and oxygen atoms in total. The van der Waals surface area contributed by atoms with Crippen molar-refractivity contribution in [2.24, 2.45) is 0 Å². The molecule has 1 heterocycles. The molecule has 32 heavy (non-hydrogen) atoms. The molecule has 4 aromatic rings. The number of benzene rings is 3. The zero-order chi connectivity index (χ0) is 22.5. The van der Waals surface area contributed by atoms with Crippen LogP contribution >= 0.6 is 0 Å². The summed E-state index contributed by atoms with van der Waals surface area (Å²) in [5.74, 6) is 1.81. The third-order valence-electron chi connectivity index (χ3n) is 4.38. The number of aromatic nitrogens is 2. The third kappa shape index (κ3) is 5.17. The van der Waals surface area contributed by atoms with E-state index in [1.807, 2.05) is 30.3 Å². The lowest BCUT2D eigenvalue weighted by atomic mass is 10.2. The lowest BCUT2D eigenvalue weighted by molar-refractivity contribution is -0.115. The second kappa shape index (κ2) is 9.13. The van der Waals surface area contributed by atoms with E-state index in [1.54, 1.807) is 42.5 Å². The summed E-state index contributed by atoms with van der Waals surface area (Å²) in [4.78, 5) is 26.8. The topological polar surface area (TPSA) is 106 Å². The molecule has 2 amide bonds. The molecule has 0 aliphatic heterocycles. The minimum absolute atomic E-state index is 0.126. The summed E-state index contributed by atoms with van der Waals surface area (Å²) in [5, 5.41) is 9.49. The Balaban J connectivity index is 1.45. The summed E-state index contributed by atoms with van der Waals surface area (Å²) in [6, 6.07) is 21.6. The van der Waals surface area contributed by atoms with Crippen LogP contribution in [0.4, 0.5) is 11.4 Å². The van der Waals surface area contributed by atoms with Crippen molar-refractivity contribution < 1.29 is 18.8 Å². The molecule has 4 rings (SSSR count). The SMILES string of the molecule is CC(=O)Nc1ccc(Oc2ccc(-c3noc(-c4cccc(NC(C)=O)c4)n3)cc2)cc1. The molecule has 0 saturated carbocycles. The number of amides is 2. The minimum atomic E-state index is -0.153. The van der Waals surface area contributed by atoms with Gasteiger partial charge in [-0.25, -0.2) is 0 Å². The number of carbonyl (C=O) groups excluding carboxylic acids is 2. The van der Waals surface area contributed by atoms with Crippen molar-refractivity contribution in [3.05, 3.63) is 72.8 Å². The Labute approximate surface area is 184 Å². The van der Waals surface area contributed by atoms with Gasteiger partial charge in [-0.15, -0.1) is 0 Å². The number of nitrogens with one attached hydrogen (secondary N) is 2. The lowest BCUT2D eigenvalue weighted by Gasteiger charge is -2.07. The molecular formula is C24H20N4O4. The Hall–Kier alpha value is -4.46. The number of hydrogen-bond acceptors (Lipinski definition) is 6. The highest BCUT2D eigenvalue weighted by Gasteiger charge is 2.12. The van der Waals surface area contributed by atoms with Crippen LogP contribution in [0, 0.1) is 0 Å². The molecule has 0 aliphatic rings. The van der Waals surface area contributed by atoms with Gasteiger partial charge in [-0.1, -0.05) is 11.2 Å². The van der Waals surface area contributed by atoms with Crippen LogP contribution in [0.15, 0.2) is 77.3 Å². The fourth-order valence-electron chi connectivity index (χ4n) is 3.01. The number of hydrogen-bond donors (Lipinski definition) is 2. The second-order valence-electron chi connectivity index (χ2n) is 7.02. The first-order valence-corrected chi connectivity index (χ1v) is 9.84. The highest BCUT2D eigenvalue weighted by Crippen LogP contribution is 2.28. The van der Waals surface area contributed by atoms with Crippen LogP contribution in [-0.2, 0) is 9.59 Å². The van der Waals surface area contributed by atoms with Crippen LogP contribution in [0.1, 0.15) is 13.8 Å². The molecule has 3 aromatic carbocycles. The molecule has 0 saturated heterocycles. The average molecular weight is 428 g/mol. The molecule has 0 fully saturated rings. The third-order valence-corrected chi connectivity index (χ3v) is 4.38. The van der Waals surface area contributed by atoms with E-state index in [0.717, 1.165) is 5.56 Å². The van der Waals surface area contributed by atoms with Gasteiger partial charge in [0, 0.05) is 36.3 Å². The van der Waals surface area contributed by atoms with E-state index in [2.05, 4.69) is 20.8 Å². The van der Waals surface area contributed by atoms with Gasteiger partial charge in [0.25, 0.3) is 5.89 Å². The summed E-state index contributed by atoms with van der Waals surface area (Å²) in [6.45, 7) is 2.91. The monoisotopic (exact) mass is 428 g/mol. The van der Waals surface area contributed by atoms with Gasteiger partial charge in [-0.2, -0.15) is 4.98 Å². The number of carbonyl (C=O) groups is 2. The van der Waals surface area contributed by atoms with E-state index in [-0.39, 0.29) is 11.8 Å². The van der Waals surface area contributed by atoms with Gasteiger partial charge in [-0.05, 0) is 66.7 Å². The summed E-state index contributed by atoms with van der Waals surface area (Å²) >= 11 is 0. The summed E-state index contributed by atoms with van der Waals surface area (Å²) in [7, 11) is 0. The maximum atomic E-state index is 11.3. The molecule has 0 unspecified atom stereocenters. The smallest absolute Gasteiger partial charge is 0.258 e. The predicted molar refractivity (Wildman–Crippen MR) is 120 cm³/mol. The predicted octanol–water partition coefficient (Wildman–Crippen LogP) is 5.11. The van der Waals surface area contributed by atoms with Gasteiger partial charge < -0.3 is 19.9 Å². The van der Waals surface area contributed by atoms with Gasteiger partial charge in [-0.3, -0.25) is 9.59 Å². The van der Waals surface area contributed by atoms with E-state index in [9.17, 15) is 9.59 Å². The zero-order valence-corrected chi connectivity index (χ0v) is 17.5. The van der Waals surface area contributed by atoms with Crippen LogP contribution < -0.4 is 15.4 Å². The van der Waals surface area contributed by atoms with Crippen molar-refractivity contribution in [2.75, 3.05) is 10.6 Å². The first-order valence-electron chi connectivity index (χ1n) is 9.84. The van der Waals surface area contributed by atoms with Gasteiger partial charge in [0.2, 0.25) is 17.6 Å². The molecule has 160 valence electrons. The first kappa shape index (κ1) is 20.8. The van der Waals surface area contributed by atoms with Gasteiger partial charge in [0.15, 0.2) is 0 Å². The van der Waals surface area contributed by atoms with E-state index >= 15 is 0 Å². The maximum Gasteiger partial charge on any atom is 0.258 e. The molecule has 0 spiro atoms. The van der Waals surface area contributed by atoms with Crippen molar-refractivity contribution in [2.45, 2.75) is 13.8 Å². The summed E-state index contributed by atoms with van der Waals surface area (Å²) in [6.07, 6.45) is 0. The van der Waals surface area contributed by atoms with E-state index < -0.39 is 0 Å². The summed E-state index contributed by atoms with van der Waals surface area (Å²) < 4.78 is 11.2. The van der Waals surface area contributed by atoms with Crippen molar-refractivity contribution in [1.29, 1.82) is 0 Å². The van der Waals surface area contributed by atoms with Crippen LogP contribution in [0.2, 0.25) is 0 Å². The van der Waals surface area contributed by atoms with Crippen molar-refractivity contribution >= 4 is 23.2 Å². The Morgan fingerprint density at radius 2 is 1.41 bits per heavy atom. The second-order valence-corrected chi connectivity index (χ2v) is 7.02. The number of ether oxygens (including phenoxy) is 1. The fraction of sp³-hybridized carbons (Fsp3) is 0.0833. The zero-order valence-electron chi connectivity index (χ0n) is 17.5. The Morgan fingerprint density at radius 3 is 2.06 bits per heavy atom. The highest BCUT2D eigenvalue weighted by molar-refractivity contribution is 5.89. The first-order chi connectivity index (χ1) is 15.5. The Bertz CT molecular complexity index is 1250. The van der Waals surface area contributed by atoms with Crippen LogP contribution in [0.3, 0.4) is 0 Å². The van der Waals surface area contributed by atoms with Crippen molar-refractivity contribution in [3.63, 3.8) is 0 Å². The quantitative estimate of drug-likeness (QED) is 0.442. The fourth-order valence-corrected chi connectivity index (χ4v) is 3.01. The van der Waals surface area contributed by atoms with E-state index in [0.29, 0.717) is 40.2 Å². The molecule has 0 radical (unpaired) electrons. The number of anilines is 2. The van der Waals surface area contributed by atoms with E-state index in [4.69, 9.17) is 9.26 Å². The van der Waals surface area contributed by atoms with E-state index in [1.165, 1.54) is 13.8 Å². The Morgan fingerprint density at radius 1 is 0.781 bits per heavy atom. The van der Waals surface area contributed by atoms with Gasteiger partial charge >= 0.3 is 0 Å². The van der Waals surface area contributed by atoms with Crippen LogP contribution in [0.25, 0.3) is 22.8 Å². The van der Waals surface area contributed by atoms with Crippen LogP contribution in [0.5, 0.6) is 11.5 Å². The van der Waals surface area contributed by atoms with Gasteiger partial charge in [0.05, 0.1) is 0 Å². The molecule has 0 atom stereocenters. The molecule has 2 N–H and O–H groups in total. The molecule has 1 aromatic heterocycles.